The van der Waals surface area contributed by atoms with Crippen molar-refractivity contribution in [3.63, 3.8) is 0 Å². The maximum atomic E-state index is 13.5. The van der Waals surface area contributed by atoms with Crippen molar-refractivity contribution in [1.29, 1.82) is 0 Å². The van der Waals surface area contributed by atoms with Crippen molar-refractivity contribution in [3.05, 3.63) is 48.1 Å². The number of aromatic nitrogens is 6. The summed E-state index contributed by atoms with van der Waals surface area (Å²) in [6.07, 6.45) is -3.81. The number of amides is 1. The second-order valence-corrected chi connectivity index (χ2v) is 16.5. The summed E-state index contributed by atoms with van der Waals surface area (Å²) < 4.78 is 59.7. The number of anilines is 2. The Bertz CT molecular complexity index is 2220. The zero-order chi connectivity index (χ0) is 43.4. The summed E-state index contributed by atoms with van der Waals surface area (Å²) in [5, 5.41) is 14.5. The van der Waals surface area contributed by atoms with E-state index in [-0.39, 0.29) is 54.5 Å². The molecular formula is C32H44N10O16P2. The summed E-state index contributed by atoms with van der Waals surface area (Å²) in [6, 6.07) is 0.539. The smallest absolute Gasteiger partial charge is 0.455 e. The van der Waals surface area contributed by atoms with Gasteiger partial charge in [-0.1, -0.05) is 6.08 Å². The van der Waals surface area contributed by atoms with E-state index in [1.54, 1.807) is 6.08 Å². The number of nitrogen functional groups attached to an aromatic ring is 2. The minimum absolute atomic E-state index is 0.00718. The molecule has 328 valence electrons. The summed E-state index contributed by atoms with van der Waals surface area (Å²) in [5.41, 5.74) is 10.9. The Hall–Kier alpha value is -4.56. The molecule has 0 spiro atoms. The number of aliphatic hydroxyl groups is 1. The van der Waals surface area contributed by atoms with Gasteiger partial charge in [0.05, 0.1) is 32.1 Å². The molecule has 3 fully saturated rings. The molecular weight excluding hydrogens is 842 g/mol. The Kier molecular flexibility index (Phi) is 14.2. The van der Waals surface area contributed by atoms with E-state index < -0.39 is 102 Å². The molecule has 0 radical (unpaired) electrons. The molecule has 26 nitrogen and oxygen atoms in total. The van der Waals surface area contributed by atoms with Gasteiger partial charge in [0.1, 0.15) is 60.6 Å². The van der Waals surface area contributed by atoms with Gasteiger partial charge in [0.15, 0.2) is 23.8 Å². The van der Waals surface area contributed by atoms with Gasteiger partial charge in [-0.3, -0.25) is 42.4 Å². The van der Waals surface area contributed by atoms with Gasteiger partial charge in [-0.05, 0) is 25.3 Å². The van der Waals surface area contributed by atoms with Gasteiger partial charge in [0, 0.05) is 25.6 Å². The summed E-state index contributed by atoms with van der Waals surface area (Å²) in [4.78, 5) is 97.8. The van der Waals surface area contributed by atoms with Crippen LogP contribution in [0, 0.1) is 0 Å². The fourth-order valence-corrected chi connectivity index (χ4v) is 8.12. The van der Waals surface area contributed by atoms with Crippen molar-refractivity contribution in [2.45, 2.75) is 81.1 Å². The molecule has 0 aliphatic carbocycles. The van der Waals surface area contributed by atoms with Crippen LogP contribution in [0.15, 0.2) is 42.4 Å². The average Bonchev–Trinajstić information content (AvgIpc) is 3.87. The molecule has 3 saturated heterocycles. The van der Waals surface area contributed by atoms with Gasteiger partial charge in [0.25, 0.3) is 0 Å². The number of Topliss-reactive ketones (excluding diaryl/α,β-unsaturated/α-hetero) is 1. The van der Waals surface area contributed by atoms with E-state index >= 15 is 0 Å². The third-order valence-electron chi connectivity index (χ3n) is 9.68. The van der Waals surface area contributed by atoms with Crippen molar-refractivity contribution in [1.82, 2.24) is 39.3 Å². The van der Waals surface area contributed by atoms with E-state index in [4.69, 9.17) is 34.7 Å². The van der Waals surface area contributed by atoms with E-state index in [0.717, 1.165) is 10.9 Å². The number of rotatable bonds is 19. The molecule has 6 rings (SSSR count). The van der Waals surface area contributed by atoms with Crippen molar-refractivity contribution in [3.8, 4) is 0 Å². The Morgan fingerprint density at radius 1 is 1.07 bits per heavy atom. The van der Waals surface area contributed by atoms with Gasteiger partial charge < -0.3 is 50.4 Å². The van der Waals surface area contributed by atoms with Crippen LogP contribution in [0.3, 0.4) is 0 Å². The number of piperidine rings is 1. The third-order valence-corrected chi connectivity index (χ3v) is 11.2. The average molecular weight is 887 g/mol. The Labute approximate surface area is 339 Å². The number of likely N-dealkylation sites (tertiary alicyclic amines) is 1. The van der Waals surface area contributed by atoms with E-state index in [1.165, 1.54) is 28.1 Å². The number of allylic oxidation sites excluding steroid dienone is 1. The number of ketones is 1. The SMILES string of the molecule is C=CCCC(=O)CN[C@H]1CCCN(CC(=O)OC2C(COP(=O)(O)O[C@@H]3C[C@H](n4ccc(N)nc4=O)OC3COP(=O)(O)O)OC(n3cnc4c(N)ncnc43)C2O)C1=O. The molecule has 3 aliphatic heterocycles. The lowest BCUT2D eigenvalue weighted by Gasteiger charge is -2.32. The molecule has 28 heteroatoms. The number of aliphatic hydroxyl groups excluding tert-OH is 1. The van der Waals surface area contributed by atoms with Crippen LogP contribution in [-0.2, 0) is 51.3 Å². The van der Waals surface area contributed by atoms with Crippen LogP contribution >= 0.6 is 15.6 Å². The number of nitrogens with two attached hydrogens (primary N) is 2. The Balaban J connectivity index is 1.16. The highest BCUT2D eigenvalue weighted by Gasteiger charge is 2.50. The van der Waals surface area contributed by atoms with Gasteiger partial charge in [-0.2, -0.15) is 4.98 Å². The van der Waals surface area contributed by atoms with Crippen LogP contribution in [0.5, 0.6) is 0 Å². The first-order valence-electron chi connectivity index (χ1n) is 18.4. The number of fused-ring (bicyclic) bond motifs is 1. The van der Waals surface area contributed by atoms with Gasteiger partial charge in [-0.15, -0.1) is 6.58 Å². The number of carbonyl (C=O) groups excluding carboxylic acids is 3. The topological polar surface area (TPSA) is 367 Å². The number of ether oxygens (including phenoxy) is 3. The maximum Gasteiger partial charge on any atom is 0.472 e. The number of esters is 1. The highest BCUT2D eigenvalue weighted by Crippen LogP contribution is 2.50. The number of phosphoric ester groups is 2. The lowest BCUT2D eigenvalue weighted by Crippen LogP contribution is -2.53. The molecule has 3 aliphatic rings. The number of imidazole rings is 1. The highest BCUT2D eigenvalue weighted by atomic mass is 31.2. The molecule has 3 aromatic rings. The van der Waals surface area contributed by atoms with Gasteiger partial charge >= 0.3 is 27.3 Å². The van der Waals surface area contributed by atoms with Crippen molar-refractivity contribution in [2.75, 3.05) is 44.3 Å². The molecule has 0 aromatic carbocycles. The lowest BCUT2D eigenvalue weighted by molar-refractivity contribution is -0.161. The molecule has 60 heavy (non-hydrogen) atoms. The Morgan fingerprint density at radius 2 is 1.83 bits per heavy atom. The fraction of sp³-hybridized carbons (Fsp3) is 0.562. The minimum Gasteiger partial charge on any atom is -0.455 e. The second kappa shape index (κ2) is 19.0. The van der Waals surface area contributed by atoms with Gasteiger partial charge in [-0.25, -0.2) is 28.9 Å². The molecule has 3 aromatic heterocycles. The van der Waals surface area contributed by atoms with Crippen LogP contribution < -0.4 is 22.5 Å². The minimum atomic E-state index is -5.20. The first-order chi connectivity index (χ1) is 28.4. The predicted octanol–water partition coefficient (Wildman–Crippen LogP) is -1.57. The molecule has 0 saturated carbocycles. The number of carbonyl (C=O) groups is 3. The van der Waals surface area contributed by atoms with Gasteiger partial charge in [0.2, 0.25) is 5.91 Å². The Morgan fingerprint density at radius 3 is 2.57 bits per heavy atom. The number of nitrogens with zero attached hydrogens (tertiary/aromatic N) is 7. The summed E-state index contributed by atoms with van der Waals surface area (Å²) in [5.74, 6) is -1.64. The van der Waals surface area contributed by atoms with E-state index in [9.17, 15) is 48.1 Å². The number of hydrogen-bond acceptors (Lipinski definition) is 20. The number of phosphoric acid groups is 2. The normalized spacial score (nSPS) is 26.9. The van der Waals surface area contributed by atoms with Crippen molar-refractivity contribution < 1.29 is 71.1 Å². The van der Waals surface area contributed by atoms with Crippen LogP contribution in [0.1, 0.15) is 44.6 Å². The molecule has 6 unspecified atom stereocenters. The number of hydrogen-bond donors (Lipinski definition) is 7. The van der Waals surface area contributed by atoms with E-state index in [0.29, 0.717) is 19.3 Å². The van der Waals surface area contributed by atoms with E-state index in [2.05, 4.69) is 36.4 Å². The third kappa shape index (κ3) is 11.0. The zero-order valence-corrected chi connectivity index (χ0v) is 33.4. The van der Waals surface area contributed by atoms with Crippen LogP contribution in [-0.4, -0.2) is 141 Å². The summed E-state index contributed by atoms with van der Waals surface area (Å²) in [6.45, 7) is 1.44. The van der Waals surface area contributed by atoms with Crippen LogP contribution in [0.4, 0.5) is 11.6 Å². The lowest BCUT2D eigenvalue weighted by atomic mass is 10.0. The maximum absolute atomic E-state index is 13.5. The van der Waals surface area contributed by atoms with Crippen LogP contribution in [0.25, 0.3) is 11.2 Å². The molecule has 9 N–H and O–H groups in total. The predicted molar refractivity (Wildman–Crippen MR) is 202 cm³/mol. The zero-order valence-electron chi connectivity index (χ0n) is 31.7. The highest BCUT2D eigenvalue weighted by molar-refractivity contribution is 7.47. The molecule has 9 atom stereocenters. The van der Waals surface area contributed by atoms with E-state index in [1.807, 2.05) is 0 Å². The molecule has 6 heterocycles. The standard InChI is InChI=1S/C32H44N10O16P2/c1-2-3-5-17(43)11-35-18-6-4-8-40(30(18)46)12-24(44)57-27-21(56-31(26(27)45)42-16-38-25-28(34)36-15-37-29(25)42)14-54-60(51,52)58-19-10-23(41-9-7-22(33)39-32(41)47)55-20(19)13-53-59(48,49)50/h2,7,9,15-16,18-21,23,26-27,31,35,45H,1,3-6,8,10-14H2,(H,51,52)(H2,33,39,47)(H2,34,36,37)(H2,48,49,50)/t18-,19+,20?,21?,23+,26?,27?,31?/m0/s1. The second-order valence-electron chi connectivity index (χ2n) is 13.9. The van der Waals surface area contributed by atoms with Crippen LogP contribution in [0.2, 0.25) is 0 Å². The van der Waals surface area contributed by atoms with Crippen molar-refractivity contribution in [2.24, 2.45) is 0 Å². The molecule has 1 amide bonds. The summed E-state index contributed by atoms with van der Waals surface area (Å²) in [7, 11) is -10.3. The largest absolute Gasteiger partial charge is 0.472 e. The quantitative estimate of drug-likeness (QED) is 0.0406. The first kappa shape index (κ1) is 45.0. The first-order valence-corrected chi connectivity index (χ1v) is 21.4. The fourth-order valence-electron chi connectivity index (χ4n) is 6.82. The molecule has 0 bridgehead atoms. The summed E-state index contributed by atoms with van der Waals surface area (Å²) >= 11 is 0. The van der Waals surface area contributed by atoms with Crippen molar-refractivity contribution >= 4 is 56.1 Å². The monoisotopic (exact) mass is 886 g/mol. The number of nitrogens with one attached hydrogen (secondary N) is 1.